The van der Waals surface area contributed by atoms with Gasteiger partial charge in [0.15, 0.2) is 0 Å². The van der Waals surface area contributed by atoms with Crippen LogP contribution in [0.3, 0.4) is 0 Å². The van der Waals surface area contributed by atoms with Gasteiger partial charge in [-0.2, -0.15) is 0 Å². The van der Waals surface area contributed by atoms with Crippen molar-refractivity contribution in [3.05, 3.63) is 35.6 Å². The monoisotopic (exact) mass is 308 g/mol. The van der Waals surface area contributed by atoms with Crippen LogP contribution >= 0.6 is 0 Å². The third-order valence-electron chi connectivity index (χ3n) is 4.15. The maximum atomic E-state index is 13.9. The van der Waals surface area contributed by atoms with Crippen molar-refractivity contribution >= 4 is 6.03 Å². The predicted molar refractivity (Wildman–Crippen MR) is 79.0 cm³/mol. The molecule has 0 aromatic heterocycles. The molecule has 2 aliphatic heterocycles. The smallest absolute Gasteiger partial charge is 0.317 e. The zero-order valence-electron chi connectivity index (χ0n) is 12.5. The molecule has 0 spiro atoms. The van der Waals surface area contributed by atoms with E-state index in [2.05, 4.69) is 5.32 Å². The fourth-order valence-corrected chi connectivity index (χ4v) is 2.87. The summed E-state index contributed by atoms with van der Waals surface area (Å²) >= 11 is 0. The lowest BCUT2D eigenvalue weighted by Gasteiger charge is -2.35. The molecule has 3 rings (SSSR count). The Kier molecular flexibility index (Phi) is 4.90. The minimum atomic E-state index is -0.407. The van der Waals surface area contributed by atoms with Gasteiger partial charge in [-0.3, -0.25) is 0 Å². The van der Waals surface area contributed by atoms with Crippen LogP contribution in [0.2, 0.25) is 0 Å². The summed E-state index contributed by atoms with van der Waals surface area (Å²) in [7, 11) is 0. The van der Waals surface area contributed by atoms with Crippen molar-refractivity contribution in [2.24, 2.45) is 0 Å². The SMILES string of the molecule is O=C(NC1CCOCC1)N1CCOC(c2ccccc2F)C1. The number of urea groups is 1. The van der Waals surface area contributed by atoms with E-state index in [-0.39, 0.29) is 17.9 Å². The number of amides is 2. The standard InChI is InChI=1S/C16H21FN2O3/c17-14-4-2-1-3-13(14)15-11-19(7-10-22-15)16(20)18-12-5-8-21-9-6-12/h1-4,12,15H,5-11H2,(H,18,20). The van der Waals surface area contributed by atoms with Gasteiger partial charge in [0.25, 0.3) is 0 Å². The molecule has 2 saturated heterocycles. The number of ether oxygens (including phenoxy) is 2. The average molecular weight is 308 g/mol. The maximum absolute atomic E-state index is 13.9. The van der Waals surface area contributed by atoms with E-state index in [9.17, 15) is 9.18 Å². The first-order chi connectivity index (χ1) is 10.7. The summed E-state index contributed by atoms with van der Waals surface area (Å²) in [6.07, 6.45) is 1.27. The van der Waals surface area contributed by atoms with Crippen LogP contribution in [0.25, 0.3) is 0 Å². The summed E-state index contributed by atoms with van der Waals surface area (Å²) in [5, 5.41) is 3.03. The Morgan fingerprint density at radius 3 is 2.77 bits per heavy atom. The molecule has 1 atom stereocenters. The van der Waals surface area contributed by atoms with Gasteiger partial charge in [0.1, 0.15) is 11.9 Å². The van der Waals surface area contributed by atoms with Crippen molar-refractivity contribution in [1.29, 1.82) is 0 Å². The molecule has 1 aromatic rings. The van der Waals surface area contributed by atoms with E-state index in [0.29, 0.717) is 38.5 Å². The minimum Gasteiger partial charge on any atom is -0.381 e. The van der Waals surface area contributed by atoms with Crippen LogP contribution in [0, 0.1) is 5.82 Å². The summed E-state index contributed by atoms with van der Waals surface area (Å²) in [5.74, 6) is -0.292. The number of hydrogen-bond donors (Lipinski definition) is 1. The number of halogens is 1. The molecule has 2 aliphatic rings. The molecule has 1 unspecified atom stereocenters. The van der Waals surface area contributed by atoms with Gasteiger partial charge in [0.05, 0.1) is 13.2 Å². The highest BCUT2D eigenvalue weighted by Gasteiger charge is 2.28. The van der Waals surface area contributed by atoms with Crippen LogP contribution in [0.4, 0.5) is 9.18 Å². The van der Waals surface area contributed by atoms with E-state index in [0.717, 1.165) is 12.8 Å². The molecule has 6 heteroatoms. The molecule has 1 N–H and O–H groups in total. The quantitative estimate of drug-likeness (QED) is 0.910. The molecule has 120 valence electrons. The van der Waals surface area contributed by atoms with Gasteiger partial charge in [-0.25, -0.2) is 9.18 Å². The summed E-state index contributed by atoms with van der Waals surface area (Å²) in [6.45, 7) is 2.69. The summed E-state index contributed by atoms with van der Waals surface area (Å²) in [4.78, 5) is 14.1. The Morgan fingerprint density at radius 1 is 1.23 bits per heavy atom. The lowest BCUT2D eigenvalue weighted by atomic mass is 10.1. The van der Waals surface area contributed by atoms with E-state index >= 15 is 0 Å². The number of morpholine rings is 1. The number of hydrogen-bond acceptors (Lipinski definition) is 3. The van der Waals surface area contributed by atoms with Gasteiger partial charge in [-0.05, 0) is 18.9 Å². The third kappa shape index (κ3) is 3.56. The molecule has 22 heavy (non-hydrogen) atoms. The highest BCUT2D eigenvalue weighted by atomic mass is 19.1. The fourth-order valence-electron chi connectivity index (χ4n) is 2.87. The van der Waals surface area contributed by atoms with E-state index < -0.39 is 6.10 Å². The van der Waals surface area contributed by atoms with E-state index in [1.165, 1.54) is 6.07 Å². The molecule has 2 fully saturated rings. The lowest BCUT2D eigenvalue weighted by Crippen LogP contribution is -2.51. The molecule has 1 aromatic carbocycles. The van der Waals surface area contributed by atoms with Crippen LogP contribution in [0.1, 0.15) is 24.5 Å². The molecular weight excluding hydrogens is 287 g/mol. The van der Waals surface area contributed by atoms with Crippen molar-refractivity contribution in [3.8, 4) is 0 Å². The van der Waals surface area contributed by atoms with Crippen molar-refractivity contribution in [3.63, 3.8) is 0 Å². The maximum Gasteiger partial charge on any atom is 0.317 e. The first-order valence-corrected chi connectivity index (χ1v) is 7.73. The van der Waals surface area contributed by atoms with Crippen molar-refractivity contribution < 1.29 is 18.7 Å². The van der Waals surface area contributed by atoms with Gasteiger partial charge in [0, 0.05) is 31.4 Å². The highest BCUT2D eigenvalue weighted by Crippen LogP contribution is 2.24. The third-order valence-corrected chi connectivity index (χ3v) is 4.15. The zero-order valence-corrected chi connectivity index (χ0v) is 12.5. The van der Waals surface area contributed by atoms with Crippen LogP contribution < -0.4 is 5.32 Å². The van der Waals surface area contributed by atoms with Crippen LogP contribution in [-0.4, -0.2) is 49.9 Å². The Bertz CT molecular complexity index is 520. The van der Waals surface area contributed by atoms with Crippen LogP contribution in [0.15, 0.2) is 24.3 Å². The Morgan fingerprint density at radius 2 is 2.00 bits per heavy atom. The minimum absolute atomic E-state index is 0.100. The Balaban J connectivity index is 1.60. The van der Waals surface area contributed by atoms with Crippen molar-refractivity contribution in [2.45, 2.75) is 25.0 Å². The number of carbonyl (C=O) groups is 1. The highest BCUT2D eigenvalue weighted by molar-refractivity contribution is 5.74. The number of benzene rings is 1. The normalized spacial score (nSPS) is 23.3. The lowest BCUT2D eigenvalue weighted by molar-refractivity contribution is -0.0182. The average Bonchev–Trinajstić information content (AvgIpc) is 2.56. The molecule has 2 amide bonds. The number of nitrogens with zero attached hydrogens (tertiary/aromatic N) is 1. The van der Waals surface area contributed by atoms with Crippen LogP contribution in [0.5, 0.6) is 0 Å². The van der Waals surface area contributed by atoms with E-state index in [1.807, 2.05) is 0 Å². The summed E-state index contributed by atoms with van der Waals surface area (Å²) in [6, 6.07) is 6.62. The second-order valence-electron chi connectivity index (χ2n) is 5.66. The van der Waals surface area contributed by atoms with Crippen LogP contribution in [-0.2, 0) is 9.47 Å². The van der Waals surface area contributed by atoms with Gasteiger partial charge in [-0.1, -0.05) is 18.2 Å². The van der Waals surface area contributed by atoms with Crippen molar-refractivity contribution in [2.75, 3.05) is 32.9 Å². The molecule has 0 radical (unpaired) electrons. The van der Waals surface area contributed by atoms with Gasteiger partial charge < -0.3 is 19.7 Å². The predicted octanol–water partition coefficient (Wildman–Crippen LogP) is 2.09. The summed E-state index contributed by atoms with van der Waals surface area (Å²) < 4.78 is 24.8. The van der Waals surface area contributed by atoms with Crippen molar-refractivity contribution in [1.82, 2.24) is 10.2 Å². The zero-order chi connectivity index (χ0) is 15.4. The first kappa shape index (κ1) is 15.2. The topological polar surface area (TPSA) is 50.8 Å². The summed E-state index contributed by atoms with van der Waals surface area (Å²) in [5.41, 5.74) is 0.506. The largest absolute Gasteiger partial charge is 0.381 e. The molecule has 0 bridgehead atoms. The molecule has 5 nitrogen and oxygen atoms in total. The number of carbonyl (C=O) groups excluding carboxylic acids is 1. The van der Waals surface area contributed by atoms with E-state index in [1.54, 1.807) is 23.1 Å². The van der Waals surface area contributed by atoms with Gasteiger partial charge in [-0.15, -0.1) is 0 Å². The number of rotatable bonds is 2. The second-order valence-corrected chi connectivity index (χ2v) is 5.66. The fraction of sp³-hybridized carbons (Fsp3) is 0.562. The van der Waals surface area contributed by atoms with Gasteiger partial charge in [0.2, 0.25) is 0 Å². The molecule has 0 saturated carbocycles. The Labute approximate surface area is 129 Å². The molecule has 0 aliphatic carbocycles. The second kappa shape index (κ2) is 7.07. The molecule has 2 heterocycles. The van der Waals surface area contributed by atoms with Gasteiger partial charge >= 0.3 is 6.03 Å². The Hall–Kier alpha value is -1.66. The first-order valence-electron chi connectivity index (χ1n) is 7.73. The molecular formula is C16H21FN2O3. The van der Waals surface area contributed by atoms with E-state index in [4.69, 9.17) is 9.47 Å². The number of nitrogens with one attached hydrogen (secondary N) is 1.